The van der Waals surface area contributed by atoms with Gasteiger partial charge in [0.2, 0.25) is 0 Å². The topological polar surface area (TPSA) is 38.0 Å². The van der Waals surface area contributed by atoms with E-state index in [1.807, 2.05) is 35.9 Å². The third-order valence-corrected chi connectivity index (χ3v) is 2.33. The molecule has 0 atom stereocenters. The summed E-state index contributed by atoms with van der Waals surface area (Å²) in [4.78, 5) is 4.46. The number of benzene rings is 1. The van der Waals surface area contributed by atoms with Crippen LogP contribution in [0.4, 0.5) is 0 Å². The maximum Gasteiger partial charge on any atom is 0.121 e. The molecule has 76 valence electrons. The SMILES string of the molecule is Cn1c(CC#CCO)nc2ccccc21. The van der Waals surface area contributed by atoms with Gasteiger partial charge in [0.05, 0.1) is 17.5 Å². The van der Waals surface area contributed by atoms with Crippen LogP contribution in [0, 0.1) is 11.8 Å². The lowest BCUT2D eigenvalue weighted by atomic mass is 10.3. The zero-order valence-electron chi connectivity index (χ0n) is 8.57. The van der Waals surface area contributed by atoms with E-state index in [2.05, 4.69) is 16.8 Å². The molecule has 2 aromatic rings. The molecule has 0 aliphatic heterocycles. The van der Waals surface area contributed by atoms with Gasteiger partial charge < -0.3 is 9.67 Å². The third kappa shape index (κ3) is 1.85. The van der Waals surface area contributed by atoms with E-state index in [9.17, 15) is 0 Å². The monoisotopic (exact) mass is 200 g/mol. The zero-order chi connectivity index (χ0) is 10.7. The average Bonchev–Trinajstić information content (AvgIpc) is 2.57. The number of rotatable bonds is 1. The first kappa shape index (κ1) is 9.75. The summed E-state index contributed by atoms with van der Waals surface area (Å²) in [7, 11) is 1.98. The highest BCUT2D eigenvalue weighted by atomic mass is 16.2. The van der Waals surface area contributed by atoms with Crippen LogP contribution in [-0.2, 0) is 13.5 Å². The van der Waals surface area contributed by atoms with Crippen LogP contribution in [0.5, 0.6) is 0 Å². The van der Waals surface area contributed by atoms with E-state index >= 15 is 0 Å². The minimum Gasteiger partial charge on any atom is -0.384 e. The van der Waals surface area contributed by atoms with Gasteiger partial charge in [-0.3, -0.25) is 0 Å². The van der Waals surface area contributed by atoms with Crippen LogP contribution in [0.3, 0.4) is 0 Å². The van der Waals surface area contributed by atoms with Crippen molar-refractivity contribution in [3.05, 3.63) is 30.1 Å². The fourth-order valence-electron chi connectivity index (χ4n) is 1.55. The van der Waals surface area contributed by atoms with E-state index in [4.69, 9.17) is 5.11 Å². The van der Waals surface area contributed by atoms with Gasteiger partial charge in [0.25, 0.3) is 0 Å². The summed E-state index contributed by atoms with van der Waals surface area (Å²) in [6.07, 6.45) is 0.575. The van der Waals surface area contributed by atoms with Crippen molar-refractivity contribution < 1.29 is 5.11 Å². The smallest absolute Gasteiger partial charge is 0.121 e. The van der Waals surface area contributed by atoms with E-state index in [-0.39, 0.29) is 6.61 Å². The second-order valence-electron chi connectivity index (χ2n) is 3.26. The van der Waals surface area contributed by atoms with Crippen molar-refractivity contribution in [2.45, 2.75) is 6.42 Å². The summed E-state index contributed by atoms with van der Waals surface area (Å²) in [6.45, 7) is -0.0933. The molecule has 0 aliphatic carbocycles. The lowest BCUT2D eigenvalue weighted by molar-refractivity contribution is 0.350. The first-order valence-corrected chi connectivity index (χ1v) is 4.80. The molecule has 0 fully saturated rings. The number of aliphatic hydroxyl groups is 1. The molecule has 2 rings (SSSR count). The number of hydrogen-bond acceptors (Lipinski definition) is 2. The maximum absolute atomic E-state index is 8.55. The molecule has 3 heteroatoms. The number of imidazole rings is 1. The average molecular weight is 200 g/mol. The second kappa shape index (κ2) is 4.16. The van der Waals surface area contributed by atoms with E-state index in [0.717, 1.165) is 16.9 Å². The third-order valence-electron chi connectivity index (χ3n) is 2.33. The van der Waals surface area contributed by atoms with Gasteiger partial charge in [-0.1, -0.05) is 24.0 Å². The molecule has 1 aromatic carbocycles. The van der Waals surface area contributed by atoms with Crippen molar-refractivity contribution in [1.82, 2.24) is 9.55 Å². The summed E-state index contributed by atoms with van der Waals surface area (Å²) in [6, 6.07) is 7.98. The van der Waals surface area contributed by atoms with Crippen LogP contribution in [0.25, 0.3) is 11.0 Å². The Morgan fingerprint density at radius 2 is 2.13 bits per heavy atom. The zero-order valence-corrected chi connectivity index (χ0v) is 8.57. The first-order valence-electron chi connectivity index (χ1n) is 4.80. The molecular weight excluding hydrogens is 188 g/mol. The Hall–Kier alpha value is -1.79. The molecule has 0 amide bonds. The molecule has 0 radical (unpaired) electrons. The van der Waals surface area contributed by atoms with E-state index in [1.165, 1.54) is 0 Å². The van der Waals surface area contributed by atoms with Crippen molar-refractivity contribution in [3.63, 3.8) is 0 Å². The summed E-state index contributed by atoms with van der Waals surface area (Å²) < 4.78 is 2.03. The van der Waals surface area contributed by atoms with Gasteiger partial charge in [-0.25, -0.2) is 4.98 Å². The van der Waals surface area contributed by atoms with Gasteiger partial charge in [0.1, 0.15) is 12.4 Å². The lowest BCUT2D eigenvalue weighted by Crippen LogP contribution is -1.96. The number of aliphatic hydroxyl groups excluding tert-OH is 1. The quantitative estimate of drug-likeness (QED) is 0.700. The largest absolute Gasteiger partial charge is 0.384 e. The Balaban J connectivity index is 2.40. The maximum atomic E-state index is 8.55. The van der Waals surface area contributed by atoms with Crippen molar-refractivity contribution in [3.8, 4) is 11.8 Å². The lowest BCUT2D eigenvalue weighted by Gasteiger charge is -1.96. The number of aryl methyl sites for hydroxylation is 1. The van der Waals surface area contributed by atoms with Crippen molar-refractivity contribution in [1.29, 1.82) is 0 Å². The van der Waals surface area contributed by atoms with Gasteiger partial charge in [-0.15, -0.1) is 0 Å². The highest BCUT2D eigenvalue weighted by Crippen LogP contribution is 2.13. The Bertz CT molecular complexity index is 531. The van der Waals surface area contributed by atoms with E-state index in [1.54, 1.807) is 0 Å². The Labute approximate surface area is 88.4 Å². The highest BCUT2D eigenvalue weighted by molar-refractivity contribution is 5.75. The molecule has 0 aliphatic rings. The summed E-state index contributed by atoms with van der Waals surface area (Å²) in [5.74, 6) is 6.42. The fourth-order valence-corrected chi connectivity index (χ4v) is 1.55. The molecule has 0 unspecified atom stereocenters. The summed E-state index contributed by atoms with van der Waals surface area (Å²) in [5.41, 5.74) is 2.10. The minimum absolute atomic E-state index is 0.0933. The summed E-state index contributed by atoms with van der Waals surface area (Å²) >= 11 is 0. The minimum atomic E-state index is -0.0933. The molecule has 1 N–H and O–H groups in total. The van der Waals surface area contributed by atoms with Crippen molar-refractivity contribution >= 4 is 11.0 Å². The molecular formula is C12H12N2O. The summed E-state index contributed by atoms with van der Waals surface area (Å²) in [5, 5.41) is 8.55. The Morgan fingerprint density at radius 3 is 2.87 bits per heavy atom. The van der Waals surface area contributed by atoms with Crippen LogP contribution in [-0.4, -0.2) is 21.3 Å². The molecule has 15 heavy (non-hydrogen) atoms. The molecule has 0 spiro atoms. The Kier molecular flexibility index (Phi) is 2.70. The Morgan fingerprint density at radius 1 is 1.33 bits per heavy atom. The second-order valence-corrected chi connectivity index (χ2v) is 3.26. The number of para-hydroxylation sites is 2. The van der Waals surface area contributed by atoms with Crippen molar-refractivity contribution in [2.24, 2.45) is 7.05 Å². The predicted molar refractivity (Wildman–Crippen MR) is 59.3 cm³/mol. The normalized spacial score (nSPS) is 10.0. The van der Waals surface area contributed by atoms with Gasteiger partial charge in [0.15, 0.2) is 0 Å². The number of nitrogens with zero attached hydrogens (tertiary/aromatic N) is 2. The van der Waals surface area contributed by atoms with Gasteiger partial charge in [0, 0.05) is 7.05 Å². The first-order chi connectivity index (χ1) is 7.33. The standard InChI is InChI=1S/C12H12N2O/c1-14-11-7-3-2-6-10(11)13-12(14)8-4-5-9-15/h2-3,6-7,15H,8-9H2,1H3. The molecule has 1 heterocycles. The van der Waals surface area contributed by atoms with Crippen LogP contribution in [0.1, 0.15) is 5.82 Å². The molecule has 0 saturated carbocycles. The number of aromatic nitrogens is 2. The highest BCUT2D eigenvalue weighted by Gasteiger charge is 2.04. The molecule has 3 nitrogen and oxygen atoms in total. The van der Waals surface area contributed by atoms with Crippen molar-refractivity contribution in [2.75, 3.05) is 6.61 Å². The van der Waals surface area contributed by atoms with Crippen LogP contribution < -0.4 is 0 Å². The fraction of sp³-hybridized carbons (Fsp3) is 0.250. The van der Waals surface area contributed by atoms with Crippen LogP contribution >= 0.6 is 0 Å². The molecule has 0 saturated heterocycles. The van der Waals surface area contributed by atoms with Gasteiger partial charge in [-0.05, 0) is 12.1 Å². The van der Waals surface area contributed by atoms with Crippen LogP contribution in [0.2, 0.25) is 0 Å². The van der Waals surface area contributed by atoms with E-state index in [0.29, 0.717) is 6.42 Å². The van der Waals surface area contributed by atoms with Gasteiger partial charge >= 0.3 is 0 Å². The number of fused-ring (bicyclic) bond motifs is 1. The molecule has 1 aromatic heterocycles. The van der Waals surface area contributed by atoms with Gasteiger partial charge in [-0.2, -0.15) is 0 Å². The predicted octanol–water partition coefficient (Wildman–Crippen LogP) is 1.11. The molecule has 0 bridgehead atoms. The van der Waals surface area contributed by atoms with E-state index < -0.39 is 0 Å². The number of hydrogen-bond donors (Lipinski definition) is 1. The van der Waals surface area contributed by atoms with Crippen LogP contribution in [0.15, 0.2) is 24.3 Å².